The summed E-state index contributed by atoms with van der Waals surface area (Å²) in [5.74, 6) is 0.415. The summed E-state index contributed by atoms with van der Waals surface area (Å²) in [4.78, 5) is 11.0. The van der Waals surface area contributed by atoms with Gasteiger partial charge in [0.2, 0.25) is 5.91 Å². The molecule has 0 unspecified atom stereocenters. The van der Waals surface area contributed by atoms with Crippen molar-refractivity contribution in [2.45, 2.75) is 44.6 Å². The molecule has 0 spiro atoms. The topological polar surface area (TPSA) is 69.1 Å². The molecule has 1 aliphatic rings. The summed E-state index contributed by atoms with van der Waals surface area (Å²) in [5.41, 5.74) is 10.4. The first-order valence-corrected chi connectivity index (χ1v) is 4.67. The van der Waals surface area contributed by atoms with E-state index in [0.717, 1.165) is 31.6 Å². The van der Waals surface area contributed by atoms with Gasteiger partial charge in [-0.15, -0.1) is 0 Å². The van der Waals surface area contributed by atoms with Crippen LogP contribution in [0.25, 0.3) is 0 Å². The van der Waals surface area contributed by atoms with Crippen LogP contribution in [0.1, 0.15) is 39.0 Å². The molecule has 4 N–H and O–H groups in total. The second kappa shape index (κ2) is 3.44. The third kappa shape index (κ3) is 1.78. The van der Waals surface area contributed by atoms with E-state index in [1.54, 1.807) is 0 Å². The van der Waals surface area contributed by atoms with Crippen LogP contribution < -0.4 is 11.5 Å². The Bertz CT molecular complexity index is 171. The van der Waals surface area contributed by atoms with E-state index >= 15 is 0 Å². The summed E-state index contributed by atoms with van der Waals surface area (Å²) < 4.78 is 0. The average Bonchev–Trinajstić information content (AvgIpc) is 2.06. The van der Waals surface area contributed by atoms with Crippen molar-refractivity contribution in [3.63, 3.8) is 0 Å². The minimum Gasteiger partial charge on any atom is -0.368 e. The fourth-order valence-corrected chi connectivity index (χ4v) is 1.85. The Morgan fingerprint density at radius 2 is 2.00 bits per heavy atom. The van der Waals surface area contributed by atoms with Crippen molar-refractivity contribution in [2.75, 3.05) is 0 Å². The highest BCUT2D eigenvalue weighted by Crippen LogP contribution is 2.31. The fraction of sp³-hybridized carbons (Fsp3) is 0.889. The van der Waals surface area contributed by atoms with Gasteiger partial charge in [0.15, 0.2) is 0 Å². The molecule has 70 valence electrons. The van der Waals surface area contributed by atoms with Crippen molar-refractivity contribution in [2.24, 2.45) is 17.4 Å². The molecule has 0 aliphatic heterocycles. The Balaban J connectivity index is 2.49. The van der Waals surface area contributed by atoms with Crippen LogP contribution in [0.15, 0.2) is 0 Å². The minimum absolute atomic E-state index is 0.336. The molecule has 1 fully saturated rings. The molecule has 0 aromatic rings. The normalized spacial score (nSPS) is 36.3. The molecule has 0 aromatic heterocycles. The van der Waals surface area contributed by atoms with Crippen LogP contribution in [0.2, 0.25) is 0 Å². The van der Waals surface area contributed by atoms with Gasteiger partial charge in [-0.3, -0.25) is 4.79 Å². The minimum atomic E-state index is -0.703. The molecular formula is C9H18N2O. The summed E-state index contributed by atoms with van der Waals surface area (Å²) in [6.07, 6.45) is 4.82. The predicted molar refractivity (Wildman–Crippen MR) is 48.4 cm³/mol. The second-order valence-corrected chi connectivity index (χ2v) is 3.87. The molecule has 12 heavy (non-hydrogen) atoms. The molecule has 0 bridgehead atoms. The van der Waals surface area contributed by atoms with Gasteiger partial charge in [-0.1, -0.05) is 13.3 Å². The molecule has 3 nitrogen and oxygen atoms in total. The van der Waals surface area contributed by atoms with Crippen molar-refractivity contribution in [1.82, 2.24) is 0 Å². The molecule has 1 aliphatic carbocycles. The van der Waals surface area contributed by atoms with Gasteiger partial charge >= 0.3 is 0 Å². The van der Waals surface area contributed by atoms with E-state index in [4.69, 9.17) is 11.5 Å². The summed E-state index contributed by atoms with van der Waals surface area (Å²) in [7, 11) is 0. The zero-order valence-corrected chi connectivity index (χ0v) is 7.68. The molecule has 0 saturated heterocycles. The Morgan fingerprint density at radius 3 is 2.33 bits per heavy atom. The van der Waals surface area contributed by atoms with Crippen LogP contribution in [-0.2, 0) is 4.79 Å². The van der Waals surface area contributed by atoms with Crippen LogP contribution >= 0.6 is 0 Å². The Hall–Kier alpha value is -0.570. The summed E-state index contributed by atoms with van der Waals surface area (Å²) in [6, 6.07) is 0. The lowest BCUT2D eigenvalue weighted by Crippen LogP contribution is -2.53. The fourth-order valence-electron chi connectivity index (χ4n) is 1.85. The summed E-state index contributed by atoms with van der Waals surface area (Å²) >= 11 is 0. The first-order chi connectivity index (χ1) is 5.58. The van der Waals surface area contributed by atoms with Gasteiger partial charge in [0, 0.05) is 0 Å². The van der Waals surface area contributed by atoms with Gasteiger partial charge in [-0.25, -0.2) is 0 Å². The van der Waals surface area contributed by atoms with Gasteiger partial charge < -0.3 is 11.5 Å². The van der Waals surface area contributed by atoms with Crippen molar-refractivity contribution >= 4 is 5.91 Å². The van der Waals surface area contributed by atoms with Gasteiger partial charge in [0.25, 0.3) is 0 Å². The number of hydrogen-bond donors (Lipinski definition) is 2. The van der Waals surface area contributed by atoms with E-state index in [0.29, 0.717) is 0 Å². The van der Waals surface area contributed by atoms with Gasteiger partial charge in [0.05, 0.1) is 5.54 Å². The number of amides is 1. The van der Waals surface area contributed by atoms with Crippen LogP contribution in [0.4, 0.5) is 0 Å². The van der Waals surface area contributed by atoms with E-state index < -0.39 is 5.54 Å². The lowest BCUT2D eigenvalue weighted by Gasteiger charge is -2.34. The molecule has 1 amide bonds. The van der Waals surface area contributed by atoms with Crippen molar-refractivity contribution < 1.29 is 4.79 Å². The second-order valence-electron chi connectivity index (χ2n) is 3.87. The zero-order valence-electron chi connectivity index (χ0n) is 7.68. The van der Waals surface area contributed by atoms with Crippen LogP contribution in [0, 0.1) is 5.92 Å². The van der Waals surface area contributed by atoms with Crippen molar-refractivity contribution in [3.05, 3.63) is 0 Å². The molecule has 0 radical (unpaired) electrons. The maximum absolute atomic E-state index is 11.0. The van der Waals surface area contributed by atoms with E-state index in [-0.39, 0.29) is 5.91 Å². The smallest absolute Gasteiger partial charge is 0.237 e. The average molecular weight is 170 g/mol. The molecule has 0 heterocycles. The molecule has 1 rings (SSSR count). The van der Waals surface area contributed by atoms with E-state index in [9.17, 15) is 4.79 Å². The molecule has 3 heteroatoms. The number of carbonyl (C=O) groups is 1. The molecular weight excluding hydrogens is 152 g/mol. The van der Waals surface area contributed by atoms with Crippen molar-refractivity contribution in [3.8, 4) is 0 Å². The largest absolute Gasteiger partial charge is 0.368 e. The number of hydrogen-bond acceptors (Lipinski definition) is 2. The zero-order chi connectivity index (χ0) is 9.19. The third-order valence-electron chi connectivity index (χ3n) is 3.07. The summed E-state index contributed by atoms with van der Waals surface area (Å²) in [6.45, 7) is 2.18. The SMILES string of the molecule is CCC1CCC(N)(C(N)=O)CC1. The Labute approximate surface area is 73.5 Å². The van der Waals surface area contributed by atoms with Crippen LogP contribution in [-0.4, -0.2) is 11.4 Å². The number of rotatable bonds is 2. The van der Waals surface area contributed by atoms with Gasteiger partial charge in [-0.2, -0.15) is 0 Å². The molecule has 0 atom stereocenters. The number of nitrogens with two attached hydrogens (primary N) is 2. The highest BCUT2D eigenvalue weighted by Gasteiger charge is 2.35. The quantitative estimate of drug-likeness (QED) is 0.642. The number of carbonyl (C=O) groups excluding carboxylic acids is 1. The highest BCUT2D eigenvalue weighted by atomic mass is 16.1. The van der Waals surface area contributed by atoms with Crippen molar-refractivity contribution in [1.29, 1.82) is 0 Å². The molecule has 0 aromatic carbocycles. The van der Waals surface area contributed by atoms with E-state index in [1.807, 2.05) is 0 Å². The lowest BCUT2D eigenvalue weighted by atomic mass is 9.76. The van der Waals surface area contributed by atoms with E-state index in [2.05, 4.69) is 6.92 Å². The predicted octanol–water partition coefficient (Wildman–Crippen LogP) is 0.769. The summed E-state index contributed by atoms with van der Waals surface area (Å²) in [5, 5.41) is 0. The number of primary amides is 1. The third-order valence-corrected chi connectivity index (χ3v) is 3.07. The lowest BCUT2D eigenvalue weighted by molar-refractivity contribution is -0.124. The first kappa shape index (κ1) is 9.52. The maximum Gasteiger partial charge on any atom is 0.237 e. The maximum atomic E-state index is 11.0. The molecule has 1 saturated carbocycles. The van der Waals surface area contributed by atoms with Gasteiger partial charge in [0.1, 0.15) is 0 Å². The highest BCUT2D eigenvalue weighted by molar-refractivity contribution is 5.84. The first-order valence-electron chi connectivity index (χ1n) is 4.67. The Morgan fingerprint density at radius 1 is 1.50 bits per heavy atom. The van der Waals surface area contributed by atoms with Crippen LogP contribution in [0.3, 0.4) is 0 Å². The Kier molecular flexibility index (Phi) is 2.73. The van der Waals surface area contributed by atoms with Crippen LogP contribution in [0.5, 0.6) is 0 Å². The monoisotopic (exact) mass is 170 g/mol. The standard InChI is InChI=1S/C9H18N2O/c1-2-7-3-5-9(11,6-4-7)8(10)12/h7H,2-6,11H2,1H3,(H2,10,12). The van der Waals surface area contributed by atoms with Gasteiger partial charge in [-0.05, 0) is 31.6 Å². The van der Waals surface area contributed by atoms with E-state index in [1.165, 1.54) is 6.42 Å².